The van der Waals surface area contributed by atoms with E-state index < -0.39 is 10.0 Å². The molecule has 2 heterocycles. The zero-order valence-electron chi connectivity index (χ0n) is 16.9. The largest absolute Gasteiger partial charge is 0.497 e. The molecule has 0 saturated heterocycles. The third-order valence-electron chi connectivity index (χ3n) is 5.13. The van der Waals surface area contributed by atoms with Crippen molar-refractivity contribution in [3.05, 3.63) is 65.9 Å². The predicted octanol–water partition coefficient (Wildman–Crippen LogP) is 1.28. The Bertz CT molecular complexity index is 1200. The molecule has 0 fully saturated rings. The summed E-state index contributed by atoms with van der Waals surface area (Å²) in [6.45, 7) is 1.03. The molecule has 1 aliphatic rings. The second kappa shape index (κ2) is 8.50. The van der Waals surface area contributed by atoms with Crippen LogP contribution < -0.4 is 20.5 Å². The van der Waals surface area contributed by atoms with Crippen LogP contribution in [-0.4, -0.2) is 44.3 Å². The Morgan fingerprint density at radius 1 is 1.23 bits per heavy atom. The van der Waals surface area contributed by atoms with Gasteiger partial charge in [-0.25, -0.2) is 18.2 Å². The van der Waals surface area contributed by atoms with Crippen molar-refractivity contribution in [1.29, 1.82) is 0 Å². The molecule has 0 bridgehead atoms. The summed E-state index contributed by atoms with van der Waals surface area (Å²) in [5, 5.41) is 16.1. The summed E-state index contributed by atoms with van der Waals surface area (Å²) < 4.78 is 29.7. The Kier molecular flexibility index (Phi) is 5.77. The molecule has 1 aliphatic heterocycles. The van der Waals surface area contributed by atoms with Gasteiger partial charge >= 0.3 is 0 Å². The highest BCUT2D eigenvalue weighted by Crippen LogP contribution is 2.25. The SMILES string of the molecule is COc1cccc(-c2cc3n(n2)C(NCCc2ccc(S(N)(=O)=O)cc2)CNC3=O)c1. The van der Waals surface area contributed by atoms with Gasteiger partial charge < -0.3 is 10.1 Å². The minimum absolute atomic E-state index is 0.0884. The molecule has 1 aromatic heterocycles. The fourth-order valence-electron chi connectivity index (χ4n) is 3.48. The van der Waals surface area contributed by atoms with Gasteiger partial charge in [0.25, 0.3) is 5.91 Å². The molecule has 0 spiro atoms. The van der Waals surface area contributed by atoms with Crippen molar-refractivity contribution in [3.8, 4) is 17.0 Å². The van der Waals surface area contributed by atoms with E-state index in [-0.39, 0.29) is 17.0 Å². The van der Waals surface area contributed by atoms with Crippen LogP contribution in [0.1, 0.15) is 22.2 Å². The van der Waals surface area contributed by atoms with E-state index in [0.29, 0.717) is 30.9 Å². The Morgan fingerprint density at radius 2 is 2.00 bits per heavy atom. The maximum atomic E-state index is 12.3. The number of aromatic nitrogens is 2. The number of nitrogens with zero attached hydrogens (tertiary/aromatic N) is 2. The highest BCUT2D eigenvalue weighted by molar-refractivity contribution is 7.89. The number of benzene rings is 2. The summed E-state index contributed by atoms with van der Waals surface area (Å²) in [5.41, 5.74) is 3.01. The Morgan fingerprint density at radius 3 is 2.71 bits per heavy atom. The fourth-order valence-corrected chi connectivity index (χ4v) is 3.99. The zero-order chi connectivity index (χ0) is 22.0. The highest BCUT2D eigenvalue weighted by atomic mass is 32.2. The standard InChI is InChI=1S/C21H23N5O4S/c1-30-16-4-2-3-15(11-16)18-12-19-21(27)24-13-20(26(19)25-18)23-10-9-14-5-7-17(8-6-14)31(22,28)29/h2-8,11-12,20,23H,9-10,13H2,1H3,(H,24,27)(H2,22,28,29). The van der Waals surface area contributed by atoms with E-state index in [4.69, 9.17) is 9.88 Å². The van der Waals surface area contributed by atoms with Crippen LogP contribution in [0.25, 0.3) is 11.3 Å². The van der Waals surface area contributed by atoms with Gasteiger partial charge in [0.05, 0.1) is 24.2 Å². The number of hydrogen-bond donors (Lipinski definition) is 3. The number of methoxy groups -OCH3 is 1. The van der Waals surface area contributed by atoms with Crippen molar-refractivity contribution < 1.29 is 17.9 Å². The van der Waals surface area contributed by atoms with Gasteiger partial charge in [0.2, 0.25) is 10.0 Å². The number of fused-ring (bicyclic) bond motifs is 1. The van der Waals surface area contributed by atoms with Crippen LogP contribution in [0, 0.1) is 0 Å². The van der Waals surface area contributed by atoms with Gasteiger partial charge in [0.15, 0.2) is 0 Å². The molecule has 4 N–H and O–H groups in total. The van der Waals surface area contributed by atoms with E-state index in [1.807, 2.05) is 24.3 Å². The smallest absolute Gasteiger partial charge is 0.269 e. The van der Waals surface area contributed by atoms with Gasteiger partial charge in [-0.05, 0) is 42.3 Å². The van der Waals surface area contributed by atoms with Gasteiger partial charge in [0.1, 0.15) is 17.6 Å². The minimum Gasteiger partial charge on any atom is -0.497 e. The van der Waals surface area contributed by atoms with E-state index in [2.05, 4.69) is 15.7 Å². The predicted molar refractivity (Wildman–Crippen MR) is 115 cm³/mol. The summed E-state index contributed by atoms with van der Waals surface area (Å²) in [6.07, 6.45) is 0.477. The van der Waals surface area contributed by atoms with Crippen molar-refractivity contribution in [2.75, 3.05) is 20.2 Å². The average Bonchev–Trinajstić information content (AvgIpc) is 3.22. The van der Waals surface area contributed by atoms with Crippen molar-refractivity contribution in [3.63, 3.8) is 0 Å². The lowest BCUT2D eigenvalue weighted by atomic mass is 10.1. The van der Waals surface area contributed by atoms with Gasteiger partial charge in [0, 0.05) is 12.1 Å². The van der Waals surface area contributed by atoms with E-state index in [0.717, 1.165) is 16.9 Å². The lowest BCUT2D eigenvalue weighted by molar-refractivity contribution is 0.0900. The second-order valence-electron chi connectivity index (χ2n) is 7.21. The number of carbonyl (C=O) groups excluding carboxylic acids is 1. The summed E-state index contributed by atoms with van der Waals surface area (Å²) >= 11 is 0. The first-order valence-corrected chi connectivity index (χ1v) is 11.3. The number of primary sulfonamides is 1. The van der Waals surface area contributed by atoms with Crippen LogP contribution in [-0.2, 0) is 16.4 Å². The maximum Gasteiger partial charge on any atom is 0.269 e. The quantitative estimate of drug-likeness (QED) is 0.507. The molecule has 10 heteroatoms. The van der Waals surface area contributed by atoms with Crippen molar-refractivity contribution in [2.24, 2.45) is 5.14 Å². The number of ether oxygens (including phenoxy) is 1. The molecule has 9 nitrogen and oxygen atoms in total. The van der Waals surface area contributed by atoms with Crippen molar-refractivity contribution in [2.45, 2.75) is 17.5 Å². The van der Waals surface area contributed by atoms with Crippen LogP contribution in [0.2, 0.25) is 0 Å². The van der Waals surface area contributed by atoms with Crippen molar-refractivity contribution in [1.82, 2.24) is 20.4 Å². The topological polar surface area (TPSA) is 128 Å². The summed E-state index contributed by atoms with van der Waals surface area (Å²) in [7, 11) is -2.09. The molecule has 0 saturated carbocycles. The molecular weight excluding hydrogens is 418 g/mol. The van der Waals surface area contributed by atoms with Gasteiger partial charge in [-0.2, -0.15) is 5.10 Å². The normalized spacial score (nSPS) is 15.9. The van der Waals surface area contributed by atoms with Crippen LogP contribution in [0.5, 0.6) is 5.75 Å². The minimum atomic E-state index is -3.70. The van der Waals surface area contributed by atoms with Gasteiger partial charge in [-0.1, -0.05) is 24.3 Å². The Labute approximate surface area is 180 Å². The monoisotopic (exact) mass is 441 g/mol. The number of nitrogens with one attached hydrogen (secondary N) is 2. The van der Waals surface area contributed by atoms with Crippen LogP contribution >= 0.6 is 0 Å². The zero-order valence-corrected chi connectivity index (χ0v) is 17.7. The van der Waals surface area contributed by atoms with E-state index in [1.54, 1.807) is 30.0 Å². The number of sulfonamides is 1. The molecule has 1 amide bonds. The van der Waals surface area contributed by atoms with Crippen molar-refractivity contribution >= 4 is 15.9 Å². The van der Waals surface area contributed by atoms with Crippen LogP contribution in [0.3, 0.4) is 0 Å². The number of rotatable bonds is 7. The average molecular weight is 442 g/mol. The molecule has 3 aromatic rings. The maximum absolute atomic E-state index is 12.3. The molecule has 0 radical (unpaired) electrons. The Hall–Kier alpha value is -3.21. The Balaban J connectivity index is 1.47. The lowest BCUT2D eigenvalue weighted by Crippen LogP contribution is -2.45. The van der Waals surface area contributed by atoms with Gasteiger partial charge in [-0.15, -0.1) is 0 Å². The van der Waals surface area contributed by atoms with E-state index in [1.165, 1.54) is 12.1 Å². The molecular formula is C21H23N5O4S. The first-order chi connectivity index (χ1) is 14.8. The molecule has 31 heavy (non-hydrogen) atoms. The molecule has 0 aliphatic carbocycles. The fraction of sp³-hybridized carbons (Fsp3) is 0.238. The molecule has 4 rings (SSSR count). The molecule has 2 aromatic carbocycles. The number of nitrogens with two attached hydrogens (primary N) is 1. The molecule has 1 unspecified atom stereocenters. The first kappa shape index (κ1) is 21.0. The first-order valence-electron chi connectivity index (χ1n) is 9.72. The second-order valence-corrected chi connectivity index (χ2v) is 8.77. The van der Waals surface area contributed by atoms with Crippen LogP contribution in [0.4, 0.5) is 0 Å². The summed E-state index contributed by atoms with van der Waals surface area (Å²) in [4.78, 5) is 12.4. The molecule has 162 valence electrons. The lowest BCUT2D eigenvalue weighted by Gasteiger charge is -2.25. The summed E-state index contributed by atoms with van der Waals surface area (Å²) in [5.74, 6) is 0.550. The number of hydrogen-bond acceptors (Lipinski definition) is 6. The number of carbonyl (C=O) groups is 1. The third-order valence-corrected chi connectivity index (χ3v) is 6.06. The highest BCUT2D eigenvalue weighted by Gasteiger charge is 2.27. The van der Waals surface area contributed by atoms with Crippen LogP contribution in [0.15, 0.2) is 59.5 Å². The summed E-state index contributed by atoms with van der Waals surface area (Å²) in [6, 6.07) is 15.8. The third kappa shape index (κ3) is 4.61. The van der Waals surface area contributed by atoms with E-state index >= 15 is 0 Å². The van der Waals surface area contributed by atoms with Gasteiger partial charge in [-0.3, -0.25) is 10.1 Å². The molecule has 1 atom stereocenters. The van der Waals surface area contributed by atoms with E-state index in [9.17, 15) is 13.2 Å². The number of amides is 1.